The summed E-state index contributed by atoms with van der Waals surface area (Å²) in [5.41, 5.74) is 14.0. The van der Waals surface area contributed by atoms with Crippen LogP contribution in [0.3, 0.4) is 0 Å². The van der Waals surface area contributed by atoms with E-state index < -0.39 is 5.97 Å². The lowest BCUT2D eigenvalue weighted by Gasteiger charge is -2.27. The standard InChI is InChI=1S/C28H34N2O5/c1-2-3-4-17-33-24-14-9-21(10-15-24)28(32)35-25-12-5-20(6-13-25)7-16-27(31)34-19-22-8-11-23(29)18-26(22)30/h2,5-8,11-13,16,18,21,24H,1,3-4,9-10,14-15,17,19,29-30H2/b16-7+. The summed E-state index contributed by atoms with van der Waals surface area (Å²) in [6.45, 7) is 4.52. The molecule has 0 unspecified atom stereocenters. The molecule has 7 nitrogen and oxygen atoms in total. The Bertz CT molecular complexity index is 1020. The first-order valence-electron chi connectivity index (χ1n) is 12.0. The number of unbranched alkanes of at least 4 members (excludes halogenated alkanes) is 1. The summed E-state index contributed by atoms with van der Waals surface area (Å²) in [5, 5.41) is 0. The zero-order valence-corrected chi connectivity index (χ0v) is 20.0. The summed E-state index contributed by atoms with van der Waals surface area (Å²) in [4.78, 5) is 24.5. The molecule has 0 aliphatic heterocycles. The van der Waals surface area contributed by atoms with Gasteiger partial charge in [0, 0.05) is 29.6 Å². The van der Waals surface area contributed by atoms with E-state index in [1.807, 2.05) is 6.08 Å². The van der Waals surface area contributed by atoms with Crippen molar-refractivity contribution in [3.63, 3.8) is 0 Å². The first kappa shape index (κ1) is 26.0. The number of esters is 2. The van der Waals surface area contributed by atoms with Gasteiger partial charge >= 0.3 is 11.9 Å². The van der Waals surface area contributed by atoms with Crippen molar-refractivity contribution >= 4 is 29.4 Å². The van der Waals surface area contributed by atoms with E-state index in [1.54, 1.807) is 48.5 Å². The van der Waals surface area contributed by atoms with Crippen molar-refractivity contribution < 1.29 is 23.8 Å². The molecule has 1 aliphatic rings. The molecule has 7 heteroatoms. The molecule has 0 aromatic heterocycles. The molecule has 35 heavy (non-hydrogen) atoms. The SMILES string of the molecule is C=CCCCOC1CCC(C(=O)Oc2ccc(/C=C/C(=O)OCc3ccc(N)cc3N)cc2)CC1. The maximum atomic E-state index is 12.5. The molecule has 0 radical (unpaired) electrons. The van der Waals surface area contributed by atoms with E-state index in [1.165, 1.54) is 6.08 Å². The molecule has 2 aromatic rings. The Morgan fingerprint density at radius 1 is 1.03 bits per heavy atom. The third-order valence-corrected chi connectivity index (χ3v) is 5.96. The van der Waals surface area contributed by atoms with Crippen LogP contribution < -0.4 is 16.2 Å². The molecular weight excluding hydrogens is 444 g/mol. The van der Waals surface area contributed by atoms with Crippen LogP contribution in [0.4, 0.5) is 11.4 Å². The summed E-state index contributed by atoms with van der Waals surface area (Å²) >= 11 is 0. The smallest absolute Gasteiger partial charge is 0.331 e. The van der Waals surface area contributed by atoms with Gasteiger partial charge in [-0.2, -0.15) is 0 Å². The number of allylic oxidation sites excluding steroid dienone is 1. The highest BCUT2D eigenvalue weighted by Crippen LogP contribution is 2.28. The number of nitrogens with two attached hydrogens (primary N) is 2. The zero-order valence-electron chi connectivity index (χ0n) is 20.0. The summed E-state index contributed by atoms with van der Waals surface area (Å²) in [6, 6.07) is 12.0. The van der Waals surface area contributed by atoms with Gasteiger partial charge < -0.3 is 25.7 Å². The van der Waals surface area contributed by atoms with Crippen molar-refractivity contribution in [1.82, 2.24) is 0 Å². The van der Waals surface area contributed by atoms with Crippen molar-refractivity contribution in [2.24, 2.45) is 5.92 Å². The highest BCUT2D eigenvalue weighted by atomic mass is 16.5. The van der Waals surface area contributed by atoms with Crippen LogP contribution in [-0.2, 0) is 25.7 Å². The molecule has 0 spiro atoms. The fourth-order valence-corrected chi connectivity index (χ4v) is 3.90. The predicted octanol–water partition coefficient (Wildman–Crippen LogP) is 5.05. The molecule has 1 aliphatic carbocycles. The summed E-state index contributed by atoms with van der Waals surface area (Å²) in [5.74, 6) is -0.315. The molecule has 1 saturated carbocycles. The lowest BCUT2D eigenvalue weighted by Crippen LogP contribution is -2.29. The fraction of sp³-hybridized carbons (Fsp3) is 0.357. The Morgan fingerprint density at radius 3 is 2.46 bits per heavy atom. The van der Waals surface area contributed by atoms with Gasteiger partial charge in [0.15, 0.2) is 0 Å². The Kier molecular flexibility index (Phi) is 9.93. The molecule has 0 bridgehead atoms. The topological polar surface area (TPSA) is 114 Å². The van der Waals surface area contributed by atoms with E-state index >= 15 is 0 Å². The number of nitrogen functional groups attached to an aromatic ring is 2. The second-order valence-electron chi connectivity index (χ2n) is 8.66. The second-order valence-corrected chi connectivity index (χ2v) is 8.66. The van der Waals surface area contributed by atoms with E-state index in [0.717, 1.165) is 50.7 Å². The summed E-state index contributed by atoms with van der Waals surface area (Å²) < 4.78 is 16.7. The minimum absolute atomic E-state index is 0.0630. The summed E-state index contributed by atoms with van der Waals surface area (Å²) in [7, 11) is 0. The van der Waals surface area contributed by atoms with Gasteiger partial charge in [-0.3, -0.25) is 4.79 Å². The van der Waals surface area contributed by atoms with Crippen LogP contribution in [0.1, 0.15) is 49.7 Å². The molecule has 3 rings (SSSR count). The van der Waals surface area contributed by atoms with Crippen LogP contribution in [0, 0.1) is 5.92 Å². The first-order valence-corrected chi connectivity index (χ1v) is 12.0. The molecule has 2 aromatic carbocycles. The molecule has 4 N–H and O–H groups in total. The quantitative estimate of drug-likeness (QED) is 0.116. The monoisotopic (exact) mass is 478 g/mol. The van der Waals surface area contributed by atoms with E-state index in [2.05, 4.69) is 6.58 Å². The maximum absolute atomic E-state index is 12.5. The average molecular weight is 479 g/mol. The lowest BCUT2D eigenvalue weighted by molar-refractivity contribution is -0.141. The van der Waals surface area contributed by atoms with Crippen LogP contribution in [0.5, 0.6) is 5.75 Å². The largest absolute Gasteiger partial charge is 0.458 e. The van der Waals surface area contributed by atoms with Crippen molar-refractivity contribution in [2.75, 3.05) is 18.1 Å². The van der Waals surface area contributed by atoms with Crippen LogP contribution in [0.15, 0.2) is 61.2 Å². The number of hydrogen-bond acceptors (Lipinski definition) is 7. The van der Waals surface area contributed by atoms with Crippen molar-refractivity contribution in [3.8, 4) is 5.75 Å². The molecule has 186 valence electrons. The molecule has 0 atom stereocenters. The number of benzene rings is 2. The van der Waals surface area contributed by atoms with E-state index in [9.17, 15) is 9.59 Å². The van der Waals surface area contributed by atoms with Gasteiger partial charge in [-0.15, -0.1) is 6.58 Å². The van der Waals surface area contributed by atoms with E-state index in [4.69, 9.17) is 25.7 Å². The number of carbonyl (C=O) groups excluding carboxylic acids is 2. The van der Waals surface area contributed by atoms with Gasteiger partial charge in [0.2, 0.25) is 0 Å². The number of rotatable bonds is 11. The minimum atomic E-state index is -0.489. The van der Waals surface area contributed by atoms with Crippen LogP contribution in [-0.4, -0.2) is 24.6 Å². The Morgan fingerprint density at radius 2 is 1.77 bits per heavy atom. The molecule has 0 amide bonds. The zero-order chi connectivity index (χ0) is 25.0. The van der Waals surface area contributed by atoms with Gasteiger partial charge in [-0.05, 0) is 74.4 Å². The molecule has 1 fully saturated rings. The third-order valence-electron chi connectivity index (χ3n) is 5.96. The maximum Gasteiger partial charge on any atom is 0.331 e. The van der Waals surface area contributed by atoms with Gasteiger partial charge in [-0.25, -0.2) is 4.79 Å². The normalized spacial score (nSPS) is 17.7. The highest BCUT2D eigenvalue weighted by molar-refractivity contribution is 5.87. The van der Waals surface area contributed by atoms with Crippen LogP contribution in [0.25, 0.3) is 6.08 Å². The highest BCUT2D eigenvalue weighted by Gasteiger charge is 2.28. The molecule has 0 heterocycles. The van der Waals surface area contributed by atoms with Crippen LogP contribution >= 0.6 is 0 Å². The number of hydrogen-bond donors (Lipinski definition) is 2. The predicted molar refractivity (Wildman–Crippen MR) is 137 cm³/mol. The van der Waals surface area contributed by atoms with Gasteiger partial charge in [0.05, 0.1) is 12.0 Å². The second kappa shape index (κ2) is 13.3. The van der Waals surface area contributed by atoms with Crippen LogP contribution in [0.2, 0.25) is 0 Å². The van der Waals surface area contributed by atoms with Crippen molar-refractivity contribution in [3.05, 3.63) is 72.3 Å². The van der Waals surface area contributed by atoms with E-state index in [0.29, 0.717) is 22.7 Å². The lowest BCUT2D eigenvalue weighted by atomic mass is 9.87. The number of carbonyl (C=O) groups is 2. The minimum Gasteiger partial charge on any atom is -0.458 e. The summed E-state index contributed by atoms with van der Waals surface area (Å²) in [6.07, 6.45) is 10.3. The van der Waals surface area contributed by atoms with Gasteiger partial charge in [0.25, 0.3) is 0 Å². The van der Waals surface area contributed by atoms with Gasteiger partial charge in [-0.1, -0.05) is 24.3 Å². The Labute approximate surface area is 206 Å². The van der Waals surface area contributed by atoms with Gasteiger partial charge in [0.1, 0.15) is 12.4 Å². The van der Waals surface area contributed by atoms with Crippen molar-refractivity contribution in [1.29, 1.82) is 0 Å². The molecular formula is C28H34N2O5. The third kappa shape index (κ3) is 8.61. The Balaban J connectivity index is 1.40. The van der Waals surface area contributed by atoms with Crippen molar-refractivity contribution in [2.45, 2.75) is 51.2 Å². The fourth-order valence-electron chi connectivity index (χ4n) is 3.90. The first-order chi connectivity index (χ1) is 16.9. The molecule has 0 saturated heterocycles. The number of ether oxygens (including phenoxy) is 3. The van der Waals surface area contributed by atoms with E-state index in [-0.39, 0.29) is 24.6 Å². The number of anilines is 2. The average Bonchev–Trinajstić information content (AvgIpc) is 2.86. The Hall–Kier alpha value is -3.58.